The quantitative estimate of drug-likeness (QED) is 0.887. The second-order valence-electron chi connectivity index (χ2n) is 3.24. The van der Waals surface area contributed by atoms with E-state index in [0.717, 1.165) is 10.0 Å². The second-order valence-corrected chi connectivity index (χ2v) is 4.59. The summed E-state index contributed by atoms with van der Waals surface area (Å²) in [5.41, 5.74) is 1.10. The van der Waals surface area contributed by atoms with E-state index < -0.39 is 0 Å². The van der Waals surface area contributed by atoms with Gasteiger partial charge in [0.1, 0.15) is 0 Å². The van der Waals surface area contributed by atoms with Gasteiger partial charge in [0.15, 0.2) is 0 Å². The van der Waals surface area contributed by atoms with Crippen LogP contribution in [-0.2, 0) is 6.54 Å². The highest BCUT2D eigenvalue weighted by Gasteiger charge is 2.01. The summed E-state index contributed by atoms with van der Waals surface area (Å²) < 4.78 is 0.971. The molecule has 0 radical (unpaired) electrons. The zero-order valence-corrected chi connectivity index (χ0v) is 10.3. The van der Waals surface area contributed by atoms with Crippen molar-refractivity contribution >= 4 is 27.5 Å². The lowest BCUT2D eigenvalue weighted by molar-refractivity contribution is 0.251. The molecule has 14 heavy (non-hydrogen) atoms. The molecule has 0 bridgehead atoms. The Hall–Kier alpha value is -0.0900. The van der Waals surface area contributed by atoms with Crippen LogP contribution in [0, 0.1) is 0 Å². The van der Waals surface area contributed by atoms with Gasteiger partial charge in [-0.2, -0.15) is 0 Å². The third-order valence-corrected chi connectivity index (χ3v) is 2.53. The minimum Gasteiger partial charge on any atom is -0.395 e. The molecule has 0 amide bonds. The molecule has 0 aliphatic rings. The van der Waals surface area contributed by atoms with Crippen LogP contribution in [0.3, 0.4) is 0 Å². The highest BCUT2D eigenvalue weighted by molar-refractivity contribution is 9.10. The van der Waals surface area contributed by atoms with Crippen molar-refractivity contribution in [3.63, 3.8) is 0 Å². The molecule has 78 valence electrons. The number of aliphatic hydroxyl groups excluding tert-OH is 1. The maximum absolute atomic E-state index is 8.82. The number of halogens is 2. The Kier molecular flexibility index (Phi) is 4.89. The van der Waals surface area contributed by atoms with E-state index in [9.17, 15) is 0 Å². The Bertz CT molecular complexity index is 286. The summed E-state index contributed by atoms with van der Waals surface area (Å²) in [7, 11) is 0. The molecule has 1 atom stereocenters. The lowest BCUT2D eigenvalue weighted by Gasteiger charge is -2.10. The smallest absolute Gasteiger partial charge is 0.0582 e. The molecule has 0 saturated carbocycles. The van der Waals surface area contributed by atoms with E-state index in [1.807, 2.05) is 25.1 Å². The van der Waals surface area contributed by atoms with Crippen LogP contribution in [0.5, 0.6) is 0 Å². The number of aliphatic hydroxyl groups is 1. The zero-order valence-electron chi connectivity index (χ0n) is 7.93. The summed E-state index contributed by atoms with van der Waals surface area (Å²) >= 11 is 9.27. The van der Waals surface area contributed by atoms with Crippen molar-refractivity contribution in [3.8, 4) is 0 Å². The molecule has 2 nitrogen and oxygen atoms in total. The number of rotatable bonds is 4. The molecule has 4 heteroatoms. The van der Waals surface area contributed by atoms with E-state index in [1.54, 1.807) is 0 Å². The average molecular weight is 279 g/mol. The van der Waals surface area contributed by atoms with Gasteiger partial charge in [0.2, 0.25) is 0 Å². The van der Waals surface area contributed by atoms with Crippen molar-refractivity contribution in [2.24, 2.45) is 0 Å². The van der Waals surface area contributed by atoms with Gasteiger partial charge in [-0.05, 0) is 30.7 Å². The van der Waals surface area contributed by atoms with Gasteiger partial charge in [-0.15, -0.1) is 0 Å². The molecular weight excluding hydrogens is 265 g/mol. The van der Waals surface area contributed by atoms with Crippen molar-refractivity contribution in [2.45, 2.75) is 19.5 Å². The van der Waals surface area contributed by atoms with E-state index in [1.165, 1.54) is 0 Å². The third-order valence-electron chi connectivity index (χ3n) is 1.85. The molecule has 0 aliphatic carbocycles. The van der Waals surface area contributed by atoms with Gasteiger partial charge in [-0.3, -0.25) is 0 Å². The highest BCUT2D eigenvalue weighted by Crippen LogP contribution is 2.19. The van der Waals surface area contributed by atoms with Crippen LogP contribution in [0.2, 0.25) is 5.02 Å². The van der Waals surface area contributed by atoms with Crippen LogP contribution < -0.4 is 5.32 Å². The van der Waals surface area contributed by atoms with Crippen LogP contribution in [0.15, 0.2) is 22.7 Å². The molecule has 0 spiro atoms. The molecule has 1 rings (SSSR count). The molecule has 0 heterocycles. The minimum atomic E-state index is 0.104. The highest BCUT2D eigenvalue weighted by atomic mass is 79.9. The van der Waals surface area contributed by atoms with Gasteiger partial charge in [-0.25, -0.2) is 0 Å². The average Bonchev–Trinajstić information content (AvgIpc) is 2.12. The lowest BCUT2D eigenvalue weighted by Crippen LogP contribution is -2.28. The Morgan fingerprint density at radius 1 is 1.50 bits per heavy atom. The SMILES string of the molecule is CC(CO)NCc1cc(Cl)cc(Br)c1. The summed E-state index contributed by atoms with van der Waals surface area (Å²) in [6, 6.07) is 5.86. The molecule has 0 aliphatic heterocycles. The lowest BCUT2D eigenvalue weighted by atomic mass is 10.2. The first-order valence-corrected chi connectivity index (χ1v) is 5.58. The monoisotopic (exact) mass is 277 g/mol. The third kappa shape index (κ3) is 3.96. The van der Waals surface area contributed by atoms with E-state index >= 15 is 0 Å². The maximum atomic E-state index is 8.82. The summed E-state index contributed by atoms with van der Waals surface area (Å²) in [5, 5.41) is 12.7. The number of nitrogens with one attached hydrogen (secondary N) is 1. The van der Waals surface area contributed by atoms with Crippen LogP contribution in [0.4, 0.5) is 0 Å². The van der Waals surface area contributed by atoms with Crippen molar-refractivity contribution in [3.05, 3.63) is 33.3 Å². The summed E-state index contributed by atoms with van der Waals surface area (Å²) in [5.74, 6) is 0. The van der Waals surface area contributed by atoms with E-state index in [2.05, 4.69) is 21.2 Å². The van der Waals surface area contributed by atoms with Crippen molar-refractivity contribution < 1.29 is 5.11 Å². The normalized spacial score (nSPS) is 12.9. The van der Waals surface area contributed by atoms with Gasteiger partial charge in [0.05, 0.1) is 6.61 Å². The van der Waals surface area contributed by atoms with Crippen molar-refractivity contribution in [1.29, 1.82) is 0 Å². The van der Waals surface area contributed by atoms with E-state index in [-0.39, 0.29) is 12.6 Å². The Balaban J connectivity index is 2.58. The van der Waals surface area contributed by atoms with E-state index in [0.29, 0.717) is 11.6 Å². The van der Waals surface area contributed by atoms with Crippen LogP contribution >= 0.6 is 27.5 Å². The zero-order chi connectivity index (χ0) is 10.6. The molecular formula is C10H13BrClNO. The molecule has 1 aromatic rings. The first kappa shape index (κ1) is 12.0. The topological polar surface area (TPSA) is 32.3 Å². The predicted molar refractivity (Wildman–Crippen MR) is 62.5 cm³/mol. The minimum absolute atomic E-state index is 0.104. The predicted octanol–water partition coefficient (Wildman–Crippen LogP) is 2.57. The fraction of sp³-hybridized carbons (Fsp3) is 0.400. The fourth-order valence-electron chi connectivity index (χ4n) is 1.07. The fourth-order valence-corrected chi connectivity index (χ4v) is 2.00. The maximum Gasteiger partial charge on any atom is 0.0582 e. The van der Waals surface area contributed by atoms with Gasteiger partial charge in [0.25, 0.3) is 0 Å². The van der Waals surface area contributed by atoms with Gasteiger partial charge in [-0.1, -0.05) is 27.5 Å². The number of hydrogen-bond donors (Lipinski definition) is 2. The number of benzene rings is 1. The molecule has 0 aromatic heterocycles. The Labute approximate surface area is 97.4 Å². The molecule has 0 fully saturated rings. The first-order chi connectivity index (χ1) is 6.61. The van der Waals surface area contributed by atoms with Crippen LogP contribution in [-0.4, -0.2) is 17.8 Å². The number of hydrogen-bond acceptors (Lipinski definition) is 2. The van der Waals surface area contributed by atoms with Crippen LogP contribution in [0.1, 0.15) is 12.5 Å². The van der Waals surface area contributed by atoms with Gasteiger partial charge in [0, 0.05) is 22.1 Å². The summed E-state index contributed by atoms with van der Waals surface area (Å²) in [6.07, 6.45) is 0. The molecule has 1 unspecified atom stereocenters. The van der Waals surface area contributed by atoms with Crippen molar-refractivity contribution in [2.75, 3.05) is 6.61 Å². The second kappa shape index (κ2) is 5.71. The van der Waals surface area contributed by atoms with Gasteiger partial charge >= 0.3 is 0 Å². The van der Waals surface area contributed by atoms with Gasteiger partial charge < -0.3 is 10.4 Å². The molecule has 1 aromatic carbocycles. The largest absolute Gasteiger partial charge is 0.395 e. The Morgan fingerprint density at radius 2 is 2.21 bits per heavy atom. The summed E-state index contributed by atoms with van der Waals surface area (Å²) in [6.45, 7) is 2.78. The first-order valence-electron chi connectivity index (χ1n) is 4.41. The van der Waals surface area contributed by atoms with E-state index in [4.69, 9.17) is 16.7 Å². The van der Waals surface area contributed by atoms with Crippen molar-refractivity contribution in [1.82, 2.24) is 5.32 Å². The standard InChI is InChI=1S/C10H13BrClNO/c1-7(6-14)13-5-8-2-9(11)4-10(12)3-8/h2-4,7,13-14H,5-6H2,1H3. The Morgan fingerprint density at radius 3 is 2.79 bits per heavy atom. The molecule has 2 N–H and O–H groups in total. The van der Waals surface area contributed by atoms with Crippen LogP contribution in [0.25, 0.3) is 0 Å². The summed E-state index contributed by atoms with van der Waals surface area (Å²) in [4.78, 5) is 0. The molecule has 0 saturated heterocycles.